The molecule has 0 fully saturated rings. The molecule has 0 saturated carbocycles. The molecule has 3 aromatic rings. The number of carbonyl (C=O) groups is 1. The number of nitrogens with zero attached hydrogens (tertiary/aromatic N) is 1. The summed E-state index contributed by atoms with van der Waals surface area (Å²) >= 11 is 0. The molecule has 0 spiro atoms. The molecule has 6 nitrogen and oxygen atoms in total. The Kier molecular flexibility index (Phi) is 4.71. The SMILES string of the molecule is O=C(Nc1ccc(Oc2ccccc2)cc1)c1cccc([N+](=O)[O-])c1. The van der Waals surface area contributed by atoms with E-state index < -0.39 is 10.8 Å². The van der Waals surface area contributed by atoms with Crippen molar-refractivity contribution < 1.29 is 14.5 Å². The number of benzene rings is 3. The molecule has 6 heteroatoms. The van der Waals surface area contributed by atoms with E-state index in [0.717, 1.165) is 5.75 Å². The summed E-state index contributed by atoms with van der Waals surface area (Å²) in [5, 5.41) is 13.5. The van der Waals surface area contributed by atoms with Crippen molar-refractivity contribution in [1.29, 1.82) is 0 Å². The highest BCUT2D eigenvalue weighted by molar-refractivity contribution is 6.04. The monoisotopic (exact) mass is 334 g/mol. The molecule has 124 valence electrons. The Labute approximate surface area is 143 Å². The van der Waals surface area contributed by atoms with Crippen molar-refractivity contribution in [2.24, 2.45) is 0 Å². The van der Waals surface area contributed by atoms with E-state index in [9.17, 15) is 14.9 Å². The zero-order valence-corrected chi connectivity index (χ0v) is 13.1. The van der Waals surface area contributed by atoms with Crippen LogP contribution in [0.5, 0.6) is 11.5 Å². The van der Waals surface area contributed by atoms with Crippen LogP contribution in [0.15, 0.2) is 78.9 Å². The van der Waals surface area contributed by atoms with Crippen molar-refractivity contribution >= 4 is 17.3 Å². The molecule has 0 aromatic heterocycles. The smallest absolute Gasteiger partial charge is 0.270 e. The maximum absolute atomic E-state index is 12.2. The van der Waals surface area contributed by atoms with Gasteiger partial charge in [-0.25, -0.2) is 0 Å². The number of anilines is 1. The van der Waals surface area contributed by atoms with Gasteiger partial charge in [0.15, 0.2) is 0 Å². The number of nitro benzene ring substituents is 1. The van der Waals surface area contributed by atoms with Crippen LogP contribution in [0.25, 0.3) is 0 Å². The van der Waals surface area contributed by atoms with E-state index in [-0.39, 0.29) is 11.3 Å². The largest absolute Gasteiger partial charge is 0.457 e. The Hall–Kier alpha value is -3.67. The van der Waals surface area contributed by atoms with Gasteiger partial charge in [-0.2, -0.15) is 0 Å². The van der Waals surface area contributed by atoms with E-state index in [4.69, 9.17) is 4.74 Å². The number of amides is 1. The van der Waals surface area contributed by atoms with Crippen LogP contribution in [0.3, 0.4) is 0 Å². The molecule has 0 aliphatic heterocycles. The quantitative estimate of drug-likeness (QED) is 0.544. The molecular weight excluding hydrogens is 320 g/mol. The van der Waals surface area contributed by atoms with Crippen molar-refractivity contribution in [3.8, 4) is 11.5 Å². The van der Waals surface area contributed by atoms with Gasteiger partial charge in [0.1, 0.15) is 11.5 Å². The fourth-order valence-electron chi connectivity index (χ4n) is 2.19. The molecule has 0 bridgehead atoms. The number of hydrogen-bond acceptors (Lipinski definition) is 4. The van der Waals surface area contributed by atoms with E-state index in [1.807, 2.05) is 30.3 Å². The van der Waals surface area contributed by atoms with Crippen molar-refractivity contribution in [1.82, 2.24) is 0 Å². The highest BCUT2D eigenvalue weighted by atomic mass is 16.6. The Balaban J connectivity index is 1.68. The number of ether oxygens (including phenoxy) is 1. The lowest BCUT2D eigenvalue weighted by Crippen LogP contribution is -2.11. The van der Waals surface area contributed by atoms with Gasteiger partial charge in [0.25, 0.3) is 11.6 Å². The molecule has 0 saturated heterocycles. The van der Waals surface area contributed by atoms with Gasteiger partial charge < -0.3 is 10.1 Å². The summed E-state index contributed by atoms with van der Waals surface area (Å²) in [5.41, 5.74) is 0.662. The summed E-state index contributed by atoms with van der Waals surface area (Å²) in [6.45, 7) is 0. The van der Waals surface area contributed by atoms with Gasteiger partial charge in [-0.3, -0.25) is 14.9 Å². The number of non-ortho nitro benzene ring substituents is 1. The third-order valence-electron chi connectivity index (χ3n) is 3.41. The van der Waals surface area contributed by atoms with Crippen LogP contribution in [-0.4, -0.2) is 10.8 Å². The van der Waals surface area contributed by atoms with E-state index in [1.54, 1.807) is 24.3 Å². The van der Waals surface area contributed by atoms with Crippen LogP contribution < -0.4 is 10.1 Å². The molecule has 0 radical (unpaired) electrons. The summed E-state index contributed by atoms with van der Waals surface area (Å²) in [6, 6.07) is 21.8. The fraction of sp³-hybridized carbons (Fsp3) is 0. The Morgan fingerprint density at radius 1 is 0.880 bits per heavy atom. The van der Waals surface area contributed by atoms with Crippen molar-refractivity contribution in [2.45, 2.75) is 0 Å². The molecule has 1 N–H and O–H groups in total. The maximum atomic E-state index is 12.2. The molecular formula is C19H14N2O4. The Bertz CT molecular complexity index is 893. The molecule has 0 aliphatic carbocycles. The number of nitro groups is 1. The van der Waals surface area contributed by atoms with Crippen molar-refractivity contribution in [2.75, 3.05) is 5.32 Å². The van der Waals surface area contributed by atoms with Gasteiger partial charge in [-0.05, 0) is 42.5 Å². The van der Waals surface area contributed by atoms with Gasteiger partial charge in [0.2, 0.25) is 0 Å². The number of nitrogens with one attached hydrogen (secondary N) is 1. The Morgan fingerprint density at radius 3 is 2.24 bits per heavy atom. The topological polar surface area (TPSA) is 81.5 Å². The molecule has 0 atom stereocenters. The molecule has 3 aromatic carbocycles. The molecule has 1 amide bonds. The minimum atomic E-state index is -0.535. The molecule has 3 rings (SSSR count). The lowest BCUT2D eigenvalue weighted by atomic mass is 10.2. The third-order valence-corrected chi connectivity index (χ3v) is 3.41. The summed E-state index contributed by atoms with van der Waals surface area (Å²) in [5.74, 6) is 0.941. The maximum Gasteiger partial charge on any atom is 0.270 e. The second-order valence-electron chi connectivity index (χ2n) is 5.20. The van der Waals surface area contributed by atoms with Crippen LogP contribution in [0, 0.1) is 10.1 Å². The lowest BCUT2D eigenvalue weighted by molar-refractivity contribution is -0.384. The first kappa shape index (κ1) is 16.2. The highest BCUT2D eigenvalue weighted by Crippen LogP contribution is 2.23. The second kappa shape index (κ2) is 7.27. The van der Waals surface area contributed by atoms with Crippen LogP contribution in [0.2, 0.25) is 0 Å². The van der Waals surface area contributed by atoms with Gasteiger partial charge in [-0.15, -0.1) is 0 Å². The molecule has 25 heavy (non-hydrogen) atoms. The van der Waals surface area contributed by atoms with Gasteiger partial charge >= 0.3 is 0 Å². The normalized spacial score (nSPS) is 10.1. The lowest BCUT2D eigenvalue weighted by Gasteiger charge is -2.08. The molecule has 0 aliphatic rings. The third kappa shape index (κ3) is 4.20. The predicted octanol–water partition coefficient (Wildman–Crippen LogP) is 4.64. The van der Waals surface area contributed by atoms with Gasteiger partial charge in [0, 0.05) is 23.4 Å². The highest BCUT2D eigenvalue weighted by Gasteiger charge is 2.11. The van der Waals surface area contributed by atoms with E-state index in [1.165, 1.54) is 24.3 Å². The standard InChI is InChI=1S/C19H14N2O4/c22-19(14-5-4-6-16(13-14)21(23)24)20-15-9-11-18(12-10-15)25-17-7-2-1-3-8-17/h1-13H,(H,20,22). The molecule has 0 unspecified atom stereocenters. The van der Waals surface area contributed by atoms with Gasteiger partial charge in [-0.1, -0.05) is 24.3 Å². The zero-order chi connectivity index (χ0) is 17.6. The minimum Gasteiger partial charge on any atom is -0.457 e. The van der Waals surface area contributed by atoms with Crippen LogP contribution in [0.4, 0.5) is 11.4 Å². The van der Waals surface area contributed by atoms with Crippen LogP contribution in [0.1, 0.15) is 10.4 Å². The van der Waals surface area contributed by atoms with E-state index >= 15 is 0 Å². The summed E-state index contributed by atoms with van der Waals surface area (Å²) < 4.78 is 5.68. The van der Waals surface area contributed by atoms with E-state index in [0.29, 0.717) is 11.4 Å². The first-order valence-corrected chi connectivity index (χ1v) is 7.50. The van der Waals surface area contributed by atoms with Crippen LogP contribution >= 0.6 is 0 Å². The first-order chi connectivity index (χ1) is 12.1. The average Bonchev–Trinajstić information content (AvgIpc) is 2.64. The summed E-state index contributed by atoms with van der Waals surface area (Å²) in [6.07, 6.45) is 0. The summed E-state index contributed by atoms with van der Waals surface area (Å²) in [7, 11) is 0. The van der Waals surface area contributed by atoms with Gasteiger partial charge in [0.05, 0.1) is 4.92 Å². The number of carbonyl (C=O) groups excluding carboxylic acids is 1. The van der Waals surface area contributed by atoms with E-state index in [2.05, 4.69) is 5.32 Å². The summed E-state index contributed by atoms with van der Waals surface area (Å²) in [4.78, 5) is 22.4. The Morgan fingerprint density at radius 2 is 1.56 bits per heavy atom. The van der Waals surface area contributed by atoms with Crippen molar-refractivity contribution in [3.05, 3.63) is 94.5 Å². The first-order valence-electron chi connectivity index (χ1n) is 7.50. The van der Waals surface area contributed by atoms with Crippen LogP contribution in [-0.2, 0) is 0 Å². The number of para-hydroxylation sites is 1. The minimum absolute atomic E-state index is 0.126. The predicted molar refractivity (Wildman–Crippen MR) is 94.0 cm³/mol. The fourth-order valence-corrected chi connectivity index (χ4v) is 2.19. The number of hydrogen-bond donors (Lipinski definition) is 1. The number of rotatable bonds is 5. The molecule has 0 heterocycles. The zero-order valence-electron chi connectivity index (χ0n) is 13.1. The second-order valence-corrected chi connectivity index (χ2v) is 5.20. The average molecular weight is 334 g/mol. The van der Waals surface area contributed by atoms with Crippen molar-refractivity contribution in [3.63, 3.8) is 0 Å².